The Morgan fingerprint density at radius 3 is 2.81 bits per heavy atom. The van der Waals surface area contributed by atoms with Crippen LogP contribution in [0.5, 0.6) is 0 Å². The van der Waals surface area contributed by atoms with Gasteiger partial charge in [-0.25, -0.2) is 0 Å². The van der Waals surface area contributed by atoms with Crippen molar-refractivity contribution in [1.82, 2.24) is 4.90 Å². The third kappa shape index (κ3) is 4.48. The van der Waals surface area contributed by atoms with Gasteiger partial charge in [0.15, 0.2) is 0 Å². The summed E-state index contributed by atoms with van der Waals surface area (Å²) in [5.41, 5.74) is 1.34. The van der Waals surface area contributed by atoms with Crippen molar-refractivity contribution in [2.24, 2.45) is 0 Å². The molecule has 0 bridgehead atoms. The van der Waals surface area contributed by atoms with E-state index in [1.54, 1.807) is 24.3 Å². The molecule has 1 aliphatic rings. The minimum Gasteiger partial charge on any atom is -0.326 e. The predicted molar refractivity (Wildman–Crippen MR) is 87.4 cm³/mol. The quantitative estimate of drug-likeness (QED) is 0.929. The lowest BCUT2D eigenvalue weighted by molar-refractivity contribution is -0.116. The van der Waals surface area contributed by atoms with Crippen LogP contribution in [0.4, 0.5) is 5.69 Å². The van der Waals surface area contributed by atoms with Crippen molar-refractivity contribution in [3.63, 3.8) is 0 Å². The maximum absolute atomic E-state index is 12.0. The molecule has 1 aromatic carbocycles. The number of nitriles is 1. The molecule has 1 N–H and O–H groups in total. The molecule has 1 fully saturated rings. The van der Waals surface area contributed by atoms with Crippen molar-refractivity contribution in [2.75, 3.05) is 24.2 Å². The average Bonchev–Trinajstić information content (AvgIpc) is 2.49. The van der Waals surface area contributed by atoms with E-state index in [2.05, 4.69) is 30.1 Å². The van der Waals surface area contributed by atoms with Crippen molar-refractivity contribution in [2.45, 2.75) is 31.6 Å². The fourth-order valence-corrected chi connectivity index (χ4v) is 3.57. The molecule has 2 rings (SSSR count). The van der Waals surface area contributed by atoms with Crippen LogP contribution in [0.3, 0.4) is 0 Å². The Morgan fingerprint density at radius 2 is 2.14 bits per heavy atom. The molecule has 1 heterocycles. The average molecular weight is 303 g/mol. The summed E-state index contributed by atoms with van der Waals surface area (Å²) in [4.78, 5) is 14.4. The first-order valence-corrected chi connectivity index (χ1v) is 8.30. The van der Waals surface area contributed by atoms with Gasteiger partial charge < -0.3 is 5.32 Å². The van der Waals surface area contributed by atoms with E-state index in [0.717, 1.165) is 24.5 Å². The Kier molecular flexibility index (Phi) is 5.66. The van der Waals surface area contributed by atoms with Crippen molar-refractivity contribution < 1.29 is 4.79 Å². The molecule has 0 aliphatic carbocycles. The normalized spacial score (nSPS) is 22.5. The van der Waals surface area contributed by atoms with Crippen molar-refractivity contribution in [3.8, 4) is 6.07 Å². The van der Waals surface area contributed by atoms with Crippen LogP contribution in [0, 0.1) is 11.3 Å². The van der Waals surface area contributed by atoms with Crippen LogP contribution in [0.2, 0.25) is 0 Å². The first-order chi connectivity index (χ1) is 10.1. The van der Waals surface area contributed by atoms with Gasteiger partial charge in [-0.05, 0) is 31.2 Å². The maximum Gasteiger partial charge on any atom is 0.225 e. The molecule has 1 aliphatic heterocycles. The minimum absolute atomic E-state index is 0.0257. The summed E-state index contributed by atoms with van der Waals surface area (Å²) in [5.74, 6) is 1.17. The summed E-state index contributed by atoms with van der Waals surface area (Å²) in [6.45, 7) is 6.34. The van der Waals surface area contributed by atoms with Gasteiger partial charge in [0.1, 0.15) is 0 Å². The number of benzene rings is 1. The number of carbonyl (C=O) groups excluding carboxylic acids is 1. The van der Waals surface area contributed by atoms with E-state index in [1.807, 2.05) is 11.8 Å². The standard InChI is InChI=1S/C16H21N3OS/c1-12-13(2)21-10-9-19(12)8-7-16(20)18-15-5-3-14(11-17)4-6-15/h3-6,12-13H,7-10H2,1-2H3,(H,18,20). The summed E-state index contributed by atoms with van der Waals surface area (Å²) < 4.78 is 0. The lowest BCUT2D eigenvalue weighted by atomic mass is 10.2. The number of anilines is 1. The predicted octanol–water partition coefficient (Wildman–Crippen LogP) is 2.71. The molecule has 2 unspecified atom stereocenters. The van der Waals surface area contributed by atoms with Crippen LogP contribution in [0.15, 0.2) is 24.3 Å². The number of hydrogen-bond acceptors (Lipinski definition) is 4. The Bertz CT molecular complexity index is 523. The van der Waals surface area contributed by atoms with Gasteiger partial charge in [0, 0.05) is 42.2 Å². The zero-order valence-corrected chi connectivity index (χ0v) is 13.3. The highest BCUT2D eigenvalue weighted by atomic mass is 32.2. The minimum atomic E-state index is 0.0257. The smallest absolute Gasteiger partial charge is 0.225 e. The Hall–Kier alpha value is -1.51. The second kappa shape index (κ2) is 7.48. The van der Waals surface area contributed by atoms with E-state index in [1.165, 1.54) is 0 Å². The van der Waals surface area contributed by atoms with Gasteiger partial charge in [-0.1, -0.05) is 6.92 Å². The fourth-order valence-electron chi connectivity index (χ4n) is 2.41. The molecule has 112 valence electrons. The van der Waals surface area contributed by atoms with Crippen LogP contribution in [0.1, 0.15) is 25.8 Å². The third-order valence-electron chi connectivity index (χ3n) is 3.94. The number of amides is 1. The van der Waals surface area contributed by atoms with E-state index in [0.29, 0.717) is 23.3 Å². The van der Waals surface area contributed by atoms with Crippen molar-refractivity contribution in [1.29, 1.82) is 5.26 Å². The van der Waals surface area contributed by atoms with Gasteiger partial charge in [0.2, 0.25) is 5.91 Å². The summed E-state index contributed by atoms with van der Waals surface area (Å²) in [7, 11) is 0. The molecule has 0 saturated carbocycles. The molecule has 5 heteroatoms. The summed E-state index contributed by atoms with van der Waals surface area (Å²) in [6, 6.07) is 9.53. The van der Waals surface area contributed by atoms with Gasteiger partial charge >= 0.3 is 0 Å². The largest absolute Gasteiger partial charge is 0.326 e. The summed E-state index contributed by atoms with van der Waals surface area (Å²) in [5, 5.41) is 12.2. The van der Waals surface area contributed by atoms with Gasteiger partial charge in [-0.15, -0.1) is 0 Å². The number of nitrogens with one attached hydrogen (secondary N) is 1. The highest BCUT2D eigenvalue weighted by molar-refractivity contribution is 8.00. The van der Waals surface area contributed by atoms with Gasteiger partial charge in [0.05, 0.1) is 11.6 Å². The zero-order chi connectivity index (χ0) is 15.2. The van der Waals surface area contributed by atoms with Crippen LogP contribution < -0.4 is 5.32 Å². The van der Waals surface area contributed by atoms with Crippen molar-refractivity contribution >= 4 is 23.4 Å². The fraction of sp³-hybridized carbons (Fsp3) is 0.500. The highest BCUT2D eigenvalue weighted by Gasteiger charge is 2.25. The van der Waals surface area contributed by atoms with E-state index in [4.69, 9.17) is 5.26 Å². The molecule has 1 saturated heterocycles. The van der Waals surface area contributed by atoms with Crippen molar-refractivity contribution in [3.05, 3.63) is 29.8 Å². The second-order valence-corrected chi connectivity index (χ2v) is 6.82. The molecule has 0 aromatic heterocycles. The lowest BCUT2D eigenvalue weighted by Crippen LogP contribution is -2.45. The molecule has 2 atom stereocenters. The maximum atomic E-state index is 12.0. The zero-order valence-electron chi connectivity index (χ0n) is 12.5. The second-order valence-electron chi connectivity index (χ2n) is 5.34. The molecule has 1 aromatic rings. The summed E-state index contributed by atoms with van der Waals surface area (Å²) >= 11 is 2.00. The van der Waals surface area contributed by atoms with E-state index >= 15 is 0 Å². The van der Waals surface area contributed by atoms with Crippen LogP contribution in [0.25, 0.3) is 0 Å². The molecule has 0 radical (unpaired) electrons. The number of nitrogens with zero attached hydrogens (tertiary/aromatic N) is 2. The van der Waals surface area contributed by atoms with Gasteiger partial charge in [-0.2, -0.15) is 17.0 Å². The molecular formula is C16H21N3OS. The first-order valence-electron chi connectivity index (χ1n) is 7.26. The van der Waals surface area contributed by atoms with E-state index < -0.39 is 0 Å². The number of hydrogen-bond donors (Lipinski definition) is 1. The topological polar surface area (TPSA) is 56.1 Å². The van der Waals surface area contributed by atoms with E-state index in [9.17, 15) is 4.79 Å². The Balaban J connectivity index is 1.80. The SMILES string of the molecule is CC1SCCN(CCC(=O)Nc2ccc(C#N)cc2)C1C. The molecule has 1 amide bonds. The number of carbonyl (C=O) groups is 1. The Morgan fingerprint density at radius 1 is 1.43 bits per heavy atom. The first kappa shape index (κ1) is 15.9. The monoisotopic (exact) mass is 303 g/mol. The Labute approximate surface area is 130 Å². The molecule has 0 spiro atoms. The van der Waals surface area contributed by atoms with Gasteiger partial charge in [-0.3, -0.25) is 9.69 Å². The summed E-state index contributed by atoms with van der Waals surface area (Å²) in [6.07, 6.45) is 0.502. The molecule has 21 heavy (non-hydrogen) atoms. The highest BCUT2D eigenvalue weighted by Crippen LogP contribution is 2.24. The van der Waals surface area contributed by atoms with Crippen LogP contribution in [-0.4, -0.2) is 40.9 Å². The number of thioether (sulfide) groups is 1. The van der Waals surface area contributed by atoms with Crippen LogP contribution in [-0.2, 0) is 4.79 Å². The van der Waals surface area contributed by atoms with Gasteiger partial charge in [0.25, 0.3) is 0 Å². The third-order valence-corrected chi connectivity index (χ3v) is 5.28. The number of rotatable bonds is 4. The molecular weight excluding hydrogens is 282 g/mol. The lowest BCUT2D eigenvalue weighted by Gasteiger charge is -2.37. The molecule has 4 nitrogen and oxygen atoms in total. The van der Waals surface area contributed by atoms with E-state index in [-0.39, 0.29) is 5.91 Å². The van der Waals surface area contributed by atoms with Crippen LogP contribution >= 0.6 is 11.8 Å².